The third kappa shape index (κ3) is 4.23. The highest BCUT2D eigenvalue weighted by Crippen LogP contribution is 2.29. The molecule has 2 unspecified atom stereocenters. The molecule has 22 heavy (non-hydrogen) atoms. The molecule has 1 aromatic carbocycles. The van der Waals surface area contributed by atoms with Crippen LogP contribution in [0, 0.1) is 0 Å². The van der Waals surface area contributed by atoms with Crippen LogP contribution in [-0.2, 0) is 11.2 Å². The van der Waals surface area contributed by atoms with Crippen LogP contribution in [0.2, 0.25) is 0 Å². The molecule has 0 radical (unpaired) electrons. The van der Waals surface area contributed by atoms with E-state index < -0.39 is 11.7 Å². The Balaban J connectivity index is 1.98. The molecule has 1 N–H and O–H groups in total. The maximum absolute atomic E-state index is 12.1. The minimum atomic E-state index is -0.547. The van der Waals surface area contributed by atoms with Gasteiger partial charge >= 0.3 is 6.09 Å². The van der Waals surface area contributed by atoms with E-state index in [2.05, 4.69) is 31.2 Å². The zero-order valence-electron chi connectivity index (χ0n) is 14.0. The van der Waals surface area contributed by atoms with Gasteiger partial charge in [-0.15, -0.1) is 0 Å². The predicted octanol–water partition coefficient (Wildman–Crippen LogP) is 3.33. The van der Waals surface area contributed by atoms with Crippen molar-refractivity contribution in [2.75, 3.05) is 13.1 Å². The summed E-state index contributed by atoms with van der Waals surface area (Å²) in [5, 5.41) is 10.4. The van der Waals surface area contributed by atoms with Gasteiger partial charge in [0.2, 0.25) is 0 Å². The molecule has 1 heterocycles. The lowest BCUT2D eigenvalue weighted by Crippen LogP contribution is -2.47. The summed E-state index contributed by atoms with van der Waals surface area (Å²) < 4.78 is 5.37. The van der Waals surface area contributed by atoms with E-state index in [-0.39, 0.29) is 12.0 Å². The molecule has 1 amide bonds. The maximum atomic E-state index is 12.1. The first-order valence-electron chi connectivity index (χ1n) is 8.05. The van der Waals surface area contributed by atoms with Crippen LogP contribution in [0.1, 0.15) is 51.2 Å². The summed E-state index contributed by atoms with van der Waals surface area (Å²) in [5.74, 6) is 0.0876. The van der Waals surface area contributed by atoms with Crippen molar-refractivity contribution in [3.05, 3.63) is 35.4 Å². The minimum absolute atomic E-state index is 0.0876. The molecule has 4 heteroatoms. The van der Waals surface area contributed by atoms with Crippen molar-refractivity contribution in [2.24, 2.45) is 0 Å². The summed E-state index contributed by atoms with van der Waals surface area (Å²) in [6, 6.07) is 8.41. The molecule has 4 nitrogen and oxygen atoms in total. The molecule has 1 fully saturated rings. The van der Waals surface area contributed by atoms with Gasteiger partial charge in [0.1, 0.15) is 5.60 Å². The van der Waals surface area contributed by atoms with E-state index in [1.165, 1.54) is 5.56 Å². The van der Waals surface area contributed by atoms with Crippen molar-refractivity contribution < 1.29 is 14.6 Å². The van der Waals surface area contributed by atoms with Gasteiger partial charge in [-0.1, -0.05) is 31.2 Å². The lowest BCUT2D eigenvalue weighted by molar-refractivity contribution is -0.00151. The number of ether oxygens (including phenoxy) is 1. The normalized spacial score (nSPS) is 22.5. The zero-order valence-corrected chi connectivity index (χ0v) is 14.0. The molecule has 0 spiro atoms. The third-order valence-corrected chi connectivity index (χ3v) is 4.05. The van der Waals surface area contributed by atoms with E-state index in [4.69, 9.17) is 4.74 Å². The van der Waals surface area contributed by atoms with Gasteiger partial charge in [0.15, 0.2) is 0 Å². The van der Waals surface area contributed by atoms with Gasteiger partial charge in [0.25, 0.3) is 0 Å². The molecule has 1 saturated heterocycles. The summed E-state index contributed by atoms with van der Waals surface area (Å²) in [4.78, 5) is 13.7. The number of aliphatic hydroxyl groups is 1. The zero-order chi connectivity index (χ0) is 16.3. The molecule has 2 rings (SSSR count). The molecule has 2 atom stereocenters. The molecular formula is C18H27NO3. The monoisotopic (exact) mass is 305 g/mol. The number of carbonyl (C=O) groups is 1. The number of rotatable bonds is 2. The smallest absolute Gasteiger partial charge is 0.410 e. The second kappa shape index (κ2) is 6.69. The van der Waals surface area contributed by atoms with Crippen LogP contribution in [0.4, 0.5) is 4.79 Å². The van der Waals surface area contributed by atoms with Crippen molar-refractivity contribution >= 4 is 6.09 Å². The number of carbonyl (C=O) groups excluding carboxylic acids is 1. The predicted molar refractivity (Wildman–Crippen MR) is 87.0 cm³/mol. The molecule has 0 bridgehead atoms. The number of amides is 1. The Labute approximate surface area is 133 Å². The third-order valence-electron chi connectivity index (χ3n) is 4.05. The van der Waals surface area contributed by atoms with Crippen molar-refractivity contribution in [3.8, 4) is 0 Å². The molecule has 1 aromatic rings. The highest BCUT2D eigenvalue weighted by molar-refractivity contribution is 5.68. The van der Waals surface area contributed by atoms with Crippen LogP contribution in [0.25, 0.3) is 0 Å². The summed E-state index contributed by atoms with van der Waals surface area (Å²) >= 11 is 0. The number of benzene rings is 1. The first-order chi connectivity index (χ1) is 10.3. The number of hydrogen-bond donors (Lipinski definition) is 1. The standard InChI is InChI=1S/C18H27NO3/c1-5-13-6-8-14(9-7-13)15-10-11-19(12-16(15)20)17(21)22-18(2,3)4/h6-9,15-16,20H,5,10-12H2,1-4H3. The Morgan fingerprint density at radius 3 is 2.45 bits per heavy atom. The van der Waals surface area contributed by atoms with E-state index in [1.54, 1.807) is 4.90 Å². The molecule has 0 aromatic heterocycles. The molecule has 1 aliphatic rings. The van der Waals surface area contributed by atoms with Crippen molar-refractivity contribution in [2.45, 2.75) is 58.2 Å². The van der Waals surface area contributed by atoms with Crippen LogP contribution in [0.3, 0.4) is 0 Å². The fourth-order valence-electron chi connectivity index (χ4n) is 2.81. The fraction of sp³-hybridized carbons (Fsp3) is 0.611. The Hall–Kier alpha value is -1.55. The Morgan fingerprint density at radius 1 is 1.32 bits per heavy atom. The second-order valence-corrected chi connectivity index (χ2v) is 6.98. The van der Waals surface area contributed by atoms with Gasteiger partial charge in [-0.05, 0) is 44.7 Å². The van der Waals surface area contributed by atoms with Crippen LogP contribution in [0.15, 0.2) is 24.3 Å². The molecule has 0 saturated carbocycles. The highest BCUT2D eigenvalue weighted by Gasteiger charge is 2.33. The van der Waals surface area contributed by atoms with Crippen molar-refractivity contribution in [3.63, 3.8) is 0 Å². The van der Waals surface area contributed by atoms with Crippen molar-refractivity contribution in [1.29, 1.82) is 0 Å². The molecule has 0 aliphatic carbocycles. The fourth-order valence-corrected chi connectivity index (χ4v) is 2.81. The number of likely N-dealkylation sites (tertiary alicyclic amines) is 1. The number of nitrogens with zero attached hydrogens (tertiary/aromatic N) is 1. The number of aryl methyl sites for hydroxylation is 1. The van der Waals surface area contributed by atoms with Gasteiger partial charge < -0.3 is 14.7 Å². The second-order valence-electron chi connectivity index (χ2n) is 6.98. The Bertz CT molecular complexity index is 504. The average molecular weight is 305 g/mol. The lowest BCUT2D eigenvalue weighted by Gasteiger charge is -2.37. The van der Waals surface area contributed by atoms with Crippen LogP contribution in [-0.4, -0.2) is 40.9 Å². The number of β-amino-alcohol motifs (C(OH)–C–C–N with tert-alkyl or cyclic N) is 1. The van der Waals surface area contributed by atoms with E-state index in [0.29, 0.717) is 13.1 Å². The topological polar surface area (TPSA) is 49.8 Å². The summed E-state index contributed by atoms with van der Waals surface area (Å²) in [7, 11) is 0. The molecule has 1 aliphatic heterocycles. The first kappa shape index (κ1) is 16.8. The Kier molecular flexibility index (Phi) is 5.12. The summed E-state index contributed by atoms with van der Waals surface area (Å²) in [6.45, 7) is 8.63. The minimum Gasteiger partial charge on any atom is -0.444 e. The van der Waals surface area contributed by atoms with Crippen LogP contribution < -0.4 is 0 Å². The van der Waals surface area contributed by atoms with Gasteiger partial charge in [0.05, 0.1) is 12.6 Å². The van der Waals surface area contributed by atoms with Gasteiger partial charge in [0, 0.05) is 12.5 Å². The number of piperidine rings is 1. The number of aliphatic hydroxyl groups excluding tert-OH is 1. The van der Waals surface area contributed by atoms with Crippen molar-refractivity contribution in [1.82, 2.24) is 4.90 Å². The largest absolute Gasteiger partial charge is 0.444 e. The van der Waals surface area contributed by atoms with Gasteiger partial charge in [-0.25, -0.2) is 4.79 Å². The van der Waals surface area contributed by atoms with Crippen LogP contribution >= 0.6 is 0 Å². The first-order valence-corrected chi connectivity index (χ1v) is 8.05. The summed E-state index contributed by atoms with van der Waals surface area (Å²) in [5.41, 5.74) is 1.94. The molecule has 122 valence electrons. The Morgan fingerprint density at radius 2 is 1.95 bits per heavy atom. The quantitative estimate of drug-likeness (QED) is 0.911. The molecular weight excluding hydrogens is 278 g/mol. The number of hydrogen-bond acceptors (Lipinski definition) is 3. The lowest BCUT2D eigenvalue weighted by atomic mass is 9.87. The van der Waals surface area contributed by atoms with E-state index >= 15 is 0 Å². The highest BCUT2D eigenvalue weighted by atomic mass is 16.6. The summed E-state index contributed by atoms with van der Waals surface area (Å²) in [6.07, 6.45) is 0.881. The average Bonchev–Trinajstić information content (AvgIpc) is 2.45. The maximum Gasteiger partial charge on any atom is 0.410 e. The van der Waals surface area contributed by atoms with E-state index in [1.807, 2.05) is 20.8 Å². The SMILES string of the molecule is CCc1ccc(C2CCN(C(=O)OC(C)(C)C)CC2O)cc1. The van der Waals surface area contributed by atoms with Crippen LogP contribution in [0.5, 0.6) is 0 Å². The van der Waals surface area contributed by atoms with E-state index in [9.17, 15) is 9.90 Å². The van der Waals surface area contributed by atoms with Gasteiger partial charge in [-0.3, -0.25) is 0 Å². The van der Waals surface area contributed by atoms with E-state index in [0.717, 1.165) is 18.4 Å². The van der Waals surface area contributed by atoms with Gasteiger partial charge in [-0.2, -0.15) is 0 Å².